The summed E-state index contributed by atoms with van der Waals surface area (Å²) in [5.74, 6) is -2.96. The first kappa shape index (κ1) is 51.7. The van der Waals surface area contributed by atoms with Crippen molar-refractivity contribution in [3.63, 3.8) is 0 Å². The minimum absolute atomic E-state index is 0.00166. The Kier molecular flexibility index (Phi) is 16.7. The van der Waals surface area contributed by atoms with Crippen molar-refractivity contribution >= 4 is 69.2 Å². The lowest BCUT2D eigenvalue weighted by atomic mass is 9.97. The second kappa shape index (κ2) is 22.6. The number of nitrogens with zero attached hydrogens (tertiary/aromatic N) is 7. The molecule has 1 aliphatic heterocycles. The summed E-state index contributed by atoms with van der Waals surface area (Å²) in [4.78, 5) is 79.2. The second-order valence-corrected chi connectivity index (χ2v) is 16.0. The summed E-state index contributed by atoms with van der Waals surface area (Å²) in [5, 5.41) is 43.3. The number of methoxy groups -OCH3 is 2. The predicted octanol–water partition coefficient (Wildman–Crippen LogP) is 0.227. The van der Waals surface area contributed by atoms with Gasteiger partial charge in [-0.15, -0.1) is 0 Å². The molecule has 0 radical (unpaired) electrons. The van der Waals surface area contributed by atoms with Crippen LogP contribution in [0.15, 0.2) is 59.2 Å². The number of nitrogens with one attached hydrogen (secondary N) is 3. The summed E-state index contributed by atoms with van der Waals surface area (Å²) < 4.78 is 27.3. The van der Waals surface area contributed by atoms with Crippen LogP contribution < -0.4 is 42.6 Å². The lowest BCUT2D eigenvalue weighted by molar-refractivity contribution is -0.262. The predicted molar refractivity (Wildman–Crippen MR) is 254 cm³/mol. The molecule has 25 nitrogen and oxygen atoms in total. The third kappa shape index (κ3) is 11.4. The van der Waals surface area contributed by atoms with Gasteiger partial charge in [0.1, 0.15) is 58.3 Å². The average Bonchev–Trinajstić information content (AvgIpc) is 4.00. The van der Waals surface area contributed by atoms with Gasteiger partial charge in [-0.05, 0) is 64.1 Å². The first-order valence-corrected chi connectivity index (χ1v) is 22.0. The Morgan fingerprint density at radius 1 is 0.871 bits per heavy atom. The van der Waals surface area contributed by atoms with E-state index in [2.05, 4.69) is 36.0 Å². The molecular weight excluding hydrogens is 915 g/mol. The number of ether oxygens (including phenoxy) is 4. The van der Waals surface area contributed by atoms with E-state index in [4.69, 9.17) is 36.1 Å². The first-order chi connectivity index (χ1) is 33.4. The number of primary amides is 2. The number of aryl methyl sites for hydroxylation is 2. The summed E-state index contributed by atoms with van der Waals surface area (Å²) >= 11 is 0. The smallest absolute Gasteiger partial charge is 0.276 e. The number of aliphatic imine (C=N–C) groups is 1. The molecule has 2 aromatic carbocycles. The van der Waals surface area contributed by atoms with Crippen molar-refractivity contribution in [3.05, 3.63) is 76.8 Å². The number of allylic oxidation sites excluding steroid dienone is 3. The van der Waals surface area contributed by atoms with Gasteiger partial charge in [-0.3, -0.25) is 44.3 Å². The fraction of sp³-hybridized carbons (Fsp3) is 0.400. The van der Waals surface area contributed by atoms with Gasteiger partial charge < -0.3 is 65.9 Å². The Hall–Kier alpha value is -7.71. The minimum atomic E-state index is -1.55. The molecule has 5 amide bonds. The van der Waals surface area contributed by atoms with Gasteiger partial charge in [0, 0.05) is 50.1 Å². The van der Waals surface area contributed by atoms with Crippen LogP contribution in [0.5, 0.6) is 11.5 Å². The fourth-order valence-corrected chi connectivity index (χ4v) is 7.74. The number of aliphatic hydroxyl groups excluding tert-OH is 3. The van der Waals surface area contributed by atoms with E-state index < -0.39 is 66.8 Å². The molecule has 5 aromatic rings. The molecule has 0 bridgehead atoms. The summed E-state index contributed by atoms with van der Waals surface area (Å²) in [5.41, 5.74) is 19.8. The number of aliphatic hydroxyl groups is 3. The van der Waals surface area contributed by atoms with Gasteiger partial charge in [0.25, 0.3) is 11.8 Å². The van der Waals surface area contributed by atoms with Crippen LogP contribution in [0.3, 0.4) is 0 Å². The van der Waals surface area contributed by atoms with Gasteiger partial charge in [-0.2, -0.15) is 5.10 Å². The Morgan fingerprint density at radius 2 is 1.47 bits per heavy atom. The maximum Gasteiger partial charge on any atom is 0.276 e. The number of imidazole rings is 2. The lowest BCUT2D eigenvalue weighted by Gasteiger charge is -2.41. The molecule has 0 aliphatic carbocycles. The van der Waals surface area contributed by atoms with E-state index in [0.717, 1.165) is 0 Å². The van der Waals surface area contributed by atoms with Crippen molar-refractivity contribution in [2.75, 3.05) is 44.6 Å². The number of hydrogen-bond acceptors (Lipinski definition) is 17. The van der Waals surface area contributed by atoms with Crippen LogP contribution in [0, 0.1) is 6.92 Å². The molecule has 0 unspecified atom stereocenters. The number of aromatic nitrogens is 6. The molecule has 0 spiro atoms. The van der Waals surface area contributed by atoms with Crippen LogP contribution in [0.2, 0.25) is 0 Å². The van der Waals surface area contributed by atoms with Crippen molar-refractivity contribution in [1.82, 2.24) is 34.2 Å². The summed E-state index contributed by atoms with van der Waals surface area (Å²) in [6.07, 6.45) is -0.850. The zero-order valence-electron chi connectivity index (χ0n) is 39.3. The number of hydrogen-bond donors (Lipinski definition) is 9. The quantitative estimate of drug-likeness (QED) is 0.0351. The molecule has 5 atom stereocenters. The van der Waals surface area contributed by atoms with Crippen LogP contribution >= 0.6 is 0 Å². The average molecular weight is 972 g/mol. The number of anilines is 2. The highest BCUT2D eigenvalue weighted by molar-refractivity contribution is 6.47. The number of carbonyl (C=O) groups is 5. The van der Waals surface area contributed by atoms with E-state index in [1.54, 1.807) is 48.1 Å². The molecule has 12 N–H and O–H groups in total. The Morgan fingerprint density at radius 3 is 2.01 bits per heavy atom. The van der Waals surface area contributed by atoms with Crippen molar-refractivity contribution < 1.29 is 58.2 Å². The fourth-order valence-electron chi connectivity index (χ4n) is 7.74. The molecule has 1 fully saturated rings. The highest BCUT2D eigenvalue weighted by Crippen LogP contribution is 2.33. The van der Waals surface area contributed by atoms with Crippen molar-refractivity contribution in [1.29, 1.82) is 0 Å². The van der Waals surface area contributed by atoms with Gasteiger partial charge >= 0.3 is 0 Å². The van der Waals surface area contributed by atoms with E-state index in [0.29, 0.717) is 23.5 Å². The summed E-state index contributed by atoms with van der Waals surface area (Å²) in [7, 11) is 2.68. The van der Waals surface area contributed by atoms with E-state index in [1.807, 2.05) is 6.92 Å². The van der Waals surface area contributed by atoms with Gasteiger partial charge in [0.05, 0.1) is 43.5 Å². The maximum absolute atomic E-state index is 13.9. The van der Waals surface area contributed by atoms with Crippen LogP contribution in [0.1, 0.15) is 64.1 Å². The van der Waals surface area contributed by atoms with E-state index >= 15 is 0 Å². The van der Waals surface area contributed by atoms with E-state index in [-0.39, 0.29) is 95.1 Å². The molecule has 4 heterocycles. The third-order valence-electron chi connectivity index (χ3n) is 11.0. The van der Waals surface area contributed by atoms with Crippen LogP contribution in [-0.4, -0.2) is 144 Å². The number of amides is 5. The zero-order chi connectivity index (χ0) is 51.0. The summed E-state index contributed by atoms with van der Waals surface area (Å²) in [6, 6.07) is 6.12. The normalized spacial score (nSPS) is 18.6. The van der Waals surface area contributed by atoms with Crippen LogP contribution in [0.4, 0.5) is 11.9 Å². The highest BCUT2D eigenvalue weighted by Gasteiger charge is 2.45. The topological polar surface area (TPSA) is 363 Å². The third-order valence-corrected chi connectivity index (χ3v) is 11.0. The van der Waals surface area contributed by atoms with Gasteiger partial charge in [-0.1, -0.05) is 12.2 Å². The maximum atomic E-state index is 13.9. The number of nitrogens with two attached hydrogens (primary N) is 3. The van der Waals surface area contributed by atoms with Crippen molar-refractivity contribution in [2.24, 2.45) is 22.2 Å². The molecule has 6 rings (SSSR count). The number of fused-ring (bicyclic) bond motifs is 2. The molecule has 1 aliphatic rings. The molecule has 0 saturated carbocycles. The van der Waals surface area contributed by atoms with E-state index in [1.165, 1.54) is 49.2 Å². The number of carbonyl (C=O) groups excluding carboxylic acids is 5. The standard InChI is InChI=1S/C45H57N13O12/c1-7-49-28(15-22(3)46)41(65)53-44-50-26-17-24(39(47)63)19-30(67-5)35(26)56(44)12-9-10-13-57-36-27(51-45(57)54-42(66)29-16-23(4)55-58(29)8-2)18-25(40(48)64)20-31(36)69-14-11-33(60)52-34-38(62)37(61)32(21-59)70-43(34)68-6/h9-10,15-20,32,34,37-38,43,59,61-62H,7-8,11-14,21,46H2,1-6H3,(H2,47,63)(H2,48,64)(H,52,60)(H,50,53,65)(H,51,54,66)/b10-9+,22-15?,49-28?/t32-,34-,37-,38-,43+/m1/s1. The second-order valence-electron chi connectivity index (χ2n) is 16.0. The molecule has 25 heteroatoms. The van der Waals surface area contributed by atoms with Crippen LogP contribution in [-0.2, 0) is 38.7 Å². The molecule has 374 valence electrons. The molecular formula is C45H57N13O12. The Balaban J connectivity index is 1.37. The van der Waals surface area contributed by atoms with Crippen molar-refractivity contribution in [2.45, 2.75) is 84.4 Å². The Bertz CT molecular complexity index is 2880. The van der Waals surface area contributed by atoms with Gasteiger partial charge in [0.15, 0.2) is 6.29 Å². The molecule has 70 heavy (non-hydrogen) atoms. The largest absolute Gasteiger partial charge is 0.494 e. The first-order valence-electron chi connectivity index (χ1n) is 22.0. The number of rotatable bonds is 21. The SMILES string of the molecule is CCN=C(C=C(C)N)C(=O)Nc1nc2cc(C(N)=O)cc(OC)c2n1C/C=C/Cn1c(NC(=O)c2cc(C)nn2CC)nc2cc(C(N)=O)cc(OCCC(=O)N[C@H]3[C@@H](OC)O[C@H](CO)[C@@H](O)[C@@H]3O)c21. The molecule has 3 aromatic heterocycles. The van der Waals surface area contributed by atoms with Gasteiger partial charge in [0.2, 0.25) is 29.6 Å². The minimum Gasteiger partial charge on any atom is -0.494 e. The summed E-state index contributed by atoms with van der Waals surface area (Å²) in [6.45, 7) is 6.77. The van der Waals surface area contributed by atoms with Crippen molar-refractivity contribution in [3.8, 4) is 11.5 Å². The highest BCUT2D eigenvalue weighted by atomic mass is 16.7. The zero-order valence-corrected chi connectivity index (χ0v) is 39.3. The van der Waals surface area contributed by atoms with Crippen LogP contribution in [0.25, 0.3) is 22.1 Å². The lowest BCUT2D eigenvalue weighted by Crippen LogP contribution is -2.64. The Labute approximate surface area is 400 Å². The molecule has 1 saturated heterocycles. The number of benzene rings is 2. The van der Waals surface area contributed by atoms with Gasteiger partial charge in [-0.25, -0.2) is 9.97 Å². The monoisotopic (exact) mass is 971 g/mol. The van der Waals surface area contributed by atoms with E-state index in [9.17, 15) is 39.3 Å².